The zero-order valence-corrected chi connectivity index (χ0v) is 21.0. The van der Waals surface area contributed by atoms with Gasteiger partial charge in [-0.3, -0.25) is 18.1 Å². The largest absolute Gasteiger partial charge is 0.357 e. The van der Waals surface area contributed by atoms with Crippen molar-refractivity contribution < 1.29 is 12.6 Å². The van der Waals surface area contributed by atoms with Crippen molar-refractivity contribution >= 4 is 49.7 Å². The Morgan fingerprint density at radius 3 is 2.71 bits per heavy atom. The van der Waals surface area contributed by atoms with Gasteiger partial charge in [0.1, 0.15) is 0 Å². The van der Waals surface area contributed by atoms with Crippen molar-refractivity contribution in [1.82, 2.24) is 23.7 Å². The predicted molar refractivity (Wildman–Crippen MR) is 134 cm³/mol. The zero-order chi connectivity index (χ0) is 25.1. The van der Waals surface area contributed by atoms with E-state index < -0.39 is 27.5 Å². The van der Waals surface area contributed by atoms with Crippen molar-refractivity contribution in [3.63, 3.8) is 0 Å². The number of imidazole rings is 1. The second-order valence-corrected chi connectivity index (χ2v) is 10.9. The topological polar surface area (TPSA) is 133 Å². The number of fused-ring (bicyclic) bond motifs is 2. The van der Waals surface area contributed by atoms with E-state index in [1.54, 1.807) is 24.7 Å². The second kappa shape index (κ2) is 8.54. The number of H-pyrrole nitrogens is 1. The number of halogens is 1. The van der Waals surface area contributed by atoms with Gasteiger partial charge in [0.2, 0.25) is 5.95 Å². The van der Waals surface area contributed by atoms with Crippen LogP contribution >= 0.6 is 11.6 Å². The lowest BCUT2D eigenvalue weighted by molar-refractivity contribution is 0.207. The molecular weight excluding hydrogens is 496 g/mol. The number of nitrogens with zero attached hydrogens (tertiary/aromatic N) is 4. The molecule has 2 N–H and O–H groups in total. The Morgan fingerprint density at radius 2 is 2.00 bits per heavy atom. The Labute approximate surface area is 205 Å². The first-order chi connectivity index (χ1) is 16.5. The summed E-state index contributed by atoms with van der Waals surface area (Å²) < 4.78 is 32.5. The van der Waals surface area contributed by atoms with E-state index in [1.807, 2.05) is 18.2 Å². The van der Waals surface area contributed by atoms with Gasteiger partial charge in [0.15, 0.2) is 11.2 Å². The highest BCUT2D eigenvalue weighted by molar-refractivity contribution is 7.86. The van der Waals surface area contributed by atoms with Gasteiger partial charge >= 0.3 is 5.69 Å². The molecule has 3 heterocycles. The number of nitrogens with one attached hydrogen (secondary N) is 2. The van der Waals surface area contributed by atoms with E-state index in [2.05, 4.69) is 15.3 Å². The minimum absolute atomic E-state index is 0.0350. The van der Waals surface area contributed by atoms with Gasteiger partial charge < -0.3 is 14.9 Å². The molecule has 13 heteroatoms. The van der Waals surface area contributed by atoms with Gasteiger partial charge in [-0.25, -0.2) is 4.79 Å². The molecule has 0 saturated heterocycles. The molecule has 4 aromatic rings. The first-order valence-electron chi connectivity index (χ1n) is 11.1. The maximum atomic E-state index is 13.4. The van der Waals surface area contributed by atoms with Gasteiger partial charge in [-0.15, -0.1) is 0 Å². The van der Waals surface area contributed by atoms with Crippen LogP contribution < -0.4 is 16.6 Å². The summed E-state index contributed by atoms with van der Waals surface area (Å²) in [5.41, 5.74) is 0.982. The minimum atomic E-state index is -3.61. The molecular formula is C22H25ClN6O5S. The summed E-state index contributed by atoms with van der Waals surface area (Å²) in [6.45, 7) is 0.0350. The van der Waals surface area contributed by atoms with Crippen LogP contribution in [0.3, 0.4) is 0 Å². The molecule has 2 atom stereocenters. The molecule has 186 valence electrons. The normalized spacial score (nSPS) is 18.6. The van der Waals surface area contributed by atoms with E-state index in [9.17, 15) is 18.0 Å². The van der Waals surface area contributed by atoms with Crippen LogP contribution in [0.15, 0.2) is 33.9 Å². The van der Waals surface area contributed by atoms with Gasteiger partial charge in [-0.05, 0) is 37.5 Å². The molecule has 1 saturated carbocycles. The van der Waals surface area contributed by atoms with E-state index >= 15 is 0 Å². The summed E-state index contributed by atoms with van der Waals surface area (Å²) in [4.78, 5) is 34.2. The van der Waals surface area contributed by atoms with Crippen molar-refractivity contribution in [3.05, 3.63) is 55.8 Å². The number of anilines is 1. The molecule has 0 bridgehead atoms. The molecule has 5 rings (SSSR count). The van der Waals surface area contributed by atoms with Gasteiger partial charge in [-0.1, -0.05) is 17.7 Å². The molecule has 1 aliphatic carbocycles. The molecule has 0 aliphatic heterocycles. The first kappa shape index (κ1) is 23.6. The third-order valence-electron chi connectivity index (χ3n) is 6.42. The number of hydrogen-bond donors (Lipinski definition) is 2. The van der Waals surface area contributed by atoms with Crippen LogP contribution in [0.25, 0.3) is 22.1 Å². The van der Waals surface area contributed by atoms with Crippen LogP contribution in [0.2, 0.25) is 5.02 Å². The summed E-state index contributed by atoms with van der Waals surface area (Å²) in [6.07, 6.45) is 2.57. The summed E-state index contributed by atoms with van der Waals surface area (Å²) in [6, 6.07) is 7.00. The molecule has 1 fully saturated rings. The number of aryl methyl sites for hydroxylation is 2. The second-order valence-electron chi connectivity index (χ2n) is 8.92. The fourth-order valence-corrected chi connectivity index (χ4v) is 5.65. The van der Waals surface area contributed by atoms with Crippen LogP contribution in [-0.4, -0.2) is 50.5 Å². The number of benzene rings is 1. The quantitative estimate of drug-likeness (QED) is 0.371. The Kier molecular flexibility index (Phi) is 5.77. The fourth-order valence-electron chi connectivity index (χ4n) is 4.74. The van der Waals surface area contributed by atoms with E-state index in [0.717, 1.165) is 28.1 Å². The van der Waals surface area contributed by atoms with Crippen LogP contribution in [-0.2, 0) is 34.9 Å². The lowest BCUT2D eigenvalue weighted by atomic mass is 10.2. The first-order valence-corrected chi connectivity index (χ1v) is 13.3. The van der Waals surface area contributed by atoms with Crippen molar-refractivity contribution in [3.8, 4) is 0 Å². The highest BCUT2D eigenvalue weighted by atomic mass is 35.5. The Hall–Kier alpha value is -3.09. The number of rotatable bonds is 6. The van der Waals surface area contributed by atoms with Gasteiger partial charge in [-0.2, -0.15) is 13.4 Å². The average molecular weight is 521 g/mol. The van der Waals surface area contributed by atoms with Gasteiger partial charge in [0, 0.05) is 35.7 Å². The Bertz CT molecular complexity index is 1680. The van der Waals surface area contributed by atoms with Gasteiger partial charge in [0.25, 0.3) is 15.7 Å². The average Bonchev–Trinajstić information content (AvgIpc) is 3.48. The zero-order valence-electron chi connectivity index (χ0n) is 19.4. The summed E-state index contributed by atoms with van der Waals surface area (Å²) in [7, 11) is -0.373. The van der Waals surface area contributed by atoms with Crippen molar-refractivity contribution in [2.45, 2.75) is 38.0 Å². The van der Waals surface area contributed by atoms with Crippen molar-refractivity contribution in [2.75, 3.05) is 11.6 Å². The SMILES string of the molecule is Cn1c(NC2CCCC2OS(C)(=O)=O)nc2c1c(=O)n(Cc1cc3c(Cl)cccc3[nH]1)c(=O)n2C. The molecule has 1 aromatic carbocycles. The highest BCUT2D eigenvalue weighted by Crippen LogP contribution is 2.27. The van der Waals surface area contributed by atoms with E-state index in [4.69, 9.17) is 15.8 Å². The summed E-state index contributed by atoms with van der Waals surface area (Å²) in [5, 5.41) is 4.60. The van der Waals surface area contributed by atoms with Crippen molar-refractivity contribution in [1.29, 1.82) is 0 Å². The molecule has 35 heavy (non-hydrogen) atoms. The number of aromatic amines is 1. The summed E-state index contributed by atoms with van der Waals surface area (Å²) in [5.74, 6) is 0.358. The van der Waals surface area contributed by atoms with Crippen LogP contribution in [0.4, 0.5) is 5.95 Å². The molecule has 0 amide bonds. The number of hydrogen-bond acceptors (Lipinski definition) is 7. The van der Waals surface area contributed by atoms with Gasteiger partial charge in [0.05, 0.1) is 24.9 Å². The van der Waals surface area contributed by atoms with Crippen LogP contribution in [0.5, 0.6) is 0 Å². The highest BCUT2D eigenvalue weighted by Gasteiger charge is 2.32. The molecule has 2 unspecified atom stereocenters. The smallest absolute Gasteiger partial charge is 0.332 e. The maximum Gasteiger partial charge on any atom is 0.332 e. The third-order valence-corrected chi connectivity index (χ3v) is 7.35. The fraction of sp³-hybridized carbons (Fsp3) is 0.409. The van der Waals surface area contributed by atoms with Crippen LogP contribution in [0, 0.1) is 0 Å². The van der Waals surface area contributed by atoms with E-state index in [0.29, 0.717) is 29.5 Å². The molecule has 0 radical (unpaired) electrons. The van der Waals surface area contributed by atoms with E-state index in [-0.39, 0.29) is 23.8 Å². The lowest BCUT2D eigenvalue weighted by Crippen LogP contribution is -2.39. The third kappa shape index (κ3) is 4.26. The monoisotopic (exact) mass is 520 g/mol. The predicted octanol–water partition coefficient (Wildman–Crippen LogP) is 1.93. The molecule has 3 aromatic heterocycles. The van der Waals surface area contributed by atoms with E-state index in [1.165, 1.54) is 4.57 Å². The summed E-state index contributed by atoms with van der Waals surface area (Å²) >= 11 is 6.26. The lowest BCUT2D eigenvalue weighted by Gasteiger charge is -2.20. The maximum absolute atomic E-state index is 13.4. The molecule has 11 nitrogen and oxygen atoms in total. The molecule has 0 spiro atoms. The number of aromatic nitrogens is 5. The minimum Gasteiger partial charge on any atom is -0.357 e. The Morgan fingerprint density at radius 1 is 1.23 bits per heavy atom. The molecule has 1 aliphatic rings. The standard InChI is InChI=1S/C22H25ClN6O5S/c1-27-18-19(26-21(27)25-16-8-5-9-17(16)34-35(3,32)33)28(2)22(31)29(20(18)30)11-12-10-13-14(23)6-4-7-15(13)24-12/h4,6-7,10,16-17,24H,5,8-9,11H2,1-3H3,(H,25,26). The van der Waals surface area contributed by atoms with Crippen molar-refractivity contribution in [2.24, 2.45) is 14.1 Å². The Balaban J connectivity index is 1.53. The van der Waals surface area contributed by atoms with Crippen LogP contribution in [0.1, 0.15) is 25.0 Å².